The van der Waals surface area contributed by atoms with Crippen molar-refractivity contribution in [2.45, 2.75) is 87.1 Å². The quantitative estimate of drug-likeness (QED) is 0.272. The molecule has 0 saturated heterocycles. The van der Waals surface area contributed by atoms with E-state index in [9.17, 15) is 18.0 Å². The fourth-order valence-electron chi connectivity index (χ4n) is 4.12. The molecule has 2 heterocycles. The summed E-state index contributed by atoms with van der Waals surface area (Å²) in [5.41, 5.74) is -0.917. The molecule has 1 aliphatic carbocycles. The van der Waals surface area contributed by atoms with Gasteiger partial charge in [0.25, 0.3) is 0 Å². The van der Waals surface area contributed by atoms with Crippen LogP contribution >= 0.6 is 23.1 Å². The summed E-state index contributed by atoms with van der Waals surface area (Å²) in [5, 5.41) is 6.57. The summed E-state index contributed by atoms with van der Waals surface area (Å²) in [6, 6.07) is 3.63. The number of anilines is 2. The Kier molecular flexibility index (Phi) is 8.61. The average molecular weight is 569 g/mol. The summed E-state index contributed by atoms with van der Waals surface area (Å²) >= 11 is 3.12. The van der Waals surface area contributed by atoms with Crippen LogP contribution in [0, 0.1) is 0 Å². The monoisotopic (exact) mass is 568 g/mol. The van der Waals surface area contributed by atoms with Crippen LogP contribution in [0.3, 0.4) is 0 Å². The molecule has 206 valence electrons. The van der Waals surface area contributed by atoms with Crippen molar-refractivity contribution in [3.63, 3.8) is 0 Å². The van der Waals surface area contributed by atoms with Crippen LogP contribution in [0.1, 0.15) is 70.6 Å². The Morgan fingerprint density at radius 2 is 2.00 bits per heavy atom. The molecule has 1 aromatic carbocycles. The highest BCUT2D eigenvalue weighted by Gasteiger charge is 2.36. The second kappa shape index (κ2) is 11.6. The number of ether oxygens (including phenoxy) is 1. The van der Waals surface area contributed by atoms with Crippen molar-refractivity contribution in [2.75, 3.05) is 10.6 Å². The van der Waals surface area contributed by atoms with Gasteiger partial charge < -0.3 is 19.8 Å². The molecular weight excluding hydrogens is 537 g/mol. The Labute approximate surface area is 228 Å². The molecule has 1 amide bonds. The van der Waals surface area contributed by atoms with Gasteiger partial charge in [0.05, 0.1) is 27.9 Å². The number of aromatic nitrogens is 2. The maximum atomic E-state index is 13.7. The van der Waals surface area contributed by atoms with Gasteiger partial charge in [-0.05, 0) is 37.5 Å². The SMILES string of the molecule is CC(=O)Nc1ccc(O[C@@H]2CCC[C@@H](Nc3ncc(SCc4ncc(C(C)(C)C)o4)s3)C2)c(C(F)(F)F)c1. The summed E-state index contributed by atoms with van der Waals surface area (Å²) in [7, 11) is 0. The lowest BCUT2D eigenvalue weighted by Crippen LogP contribution is -2.33. The molecule has 0 spiro atoms. The molecule has 7 nitrogen and oxygen atoms in total. The Morgan fingerprint density at radius 3 is 2.68 bits per heavy atom. The number of thiazole rings is 1. The number of benzene rings is 1. The minimum Gasteiger partial charge on any atom is -0.490 e. The van der Waals surface area contributed by atoms with Crippen molar-refractivity contribution in [1.82, 2.24) is 9.97 Å². The highest BCUT2D eigenvalue weighted by atomic mass is 32.2. The minimum atomic E-state index is -4.61. The van der Waals surface area contributed by atoms with Crippen molar-refractivity contribution in [3.8, 4) is 5.75 Å². The smallest absolute Gasteiger partial charge is 0.420 e. The first-order valence-electron chi connectivity index (χ1n) is 12.3. The van der Waals surface area contributed by atoms with Gasteiger partial charge in [0, 0.05) is 30.5 Å². The lowest BCUT2D eigenvalue weighted by atomic mass is 9.93. The lowest BCUT2D eigenvalue weighted by Gasteiger charge is -2.31. The van der Waals surface area contributed by atoms with E-state index in [1.165, 1.54) is 30.4 Å². The molecular formula is C26H31F3N4O3S2. The van der Waals surface area contributed by atoms with Gasteiger partial charge in [0.2, 0.25) is 11.8 Å². The zero-order valence-electron chi connectivity index (χ0n) is 21.6. The number of rotatable bonds is 8. The predicted molar refractivity (Wildman–Crippen MR) is 143 cm³/mol. The number of oxazole rings is 1. The summed E-state index contributed by atoms with van der Waals surface area (Å²) in [4.78, 5) is 20.1. The van der Waals surface area contributed by atoms with Gasteiger partial charge in [-0.15, -0.1) is 11.8 Å². The normalized spacial score (nSPS) is 18.3. The highest BCUT2D eigenvalue weighted by Crippen LogP contribution is 2.40. The van der Waals surface area contributed by atoms with Crippen LogP contribution in [-0.2, 0) is 22.1 Å². The van der Waals surface area contributed by atoms with Gasteiger partial charge in [0.1, 0.15) is 17.6 Å². The fraction of sp³-hybridized carbons (Fsp3) is 0.500. The van der Waals surface area contributed by atoms with Crippen molar-refractivity contribution < 1.29 is 27.1 Å². The van der Waals surface area contributed by atoms with Gasteiger partial charge in [-0.1, -0.05) is 32.1 Å². The zero-order chi connectivity index (χ0) is 27.5. The summed E-state index contributed by atoms with van der Waals surface area (Å²) in [5.74, 6) is 1.44. The van der Waals surface area contributed by atoms with Crippen LogP contribution in [0.2, 0.25) is 0 Å². The molecule has 4 rings (SSSR count). The summed E-state index contributed by atoms with van der Waals surface area (Å²) in [6.45, 7) is 7.47. The Balaban J connectivity index is 1.34. The number of nitrogens with one attached hydrogen (secondary N) is 2. The molecule has 1 aliphatic rings. The van der Waals surface area contributed by atoms with Crippen molar-refractivity contribution in [3.05, 3.63) is 47.8 Å². The number of carbonyl (C=O) groups excluding carboxylic acids is 1. The Hall–Kier alpha value is -2.73. The second-order valence-electron chi connectivity index (χ2n) is 10.3. The fourth-order valence-corrected chi connectivity index (χ4v) is 5.92. The third kappa shape index (κ3) is 7.66. The van der Waals surface area contributed by atoms with Crippen LogP contribution in [-0.4, -0.2) is 28.0 Å². The van der Waals surface area contributed by atoms with E-state index in [2.05, 4.69) is 41.4 Å². The maximum Gasteiger partial charge on any atom is 0.420 e. The predicted octanol–water partition coefficient (Wildman–Crippen LogP) is 7.50. The van der Waals surface area contributed by atoms with Crippen molar-refractivity contribution >= 4 is 39.8 Å². The summed E-state index contributed by atoms with van der Waals surface area (Å²) in [6.07, 6.45) is 1.51. The number of amides is 1. The van der Waals surface area contributed by atoms with E-state index in [-0.39, 0.29) is 29.0 Å². The van der Waals surface area contributed by atoms with Crippen LogP contribution in [0.4, 0.5) is 24.0 Å². The van der Waals surface area contributed by atoms with Crippen molar-refractivity contribution in [1.29, 1.82) is 0 Å². The van der Waals surface area contributed by atoms with E-state index in [0.29, 0.717) is 24.5 Å². The Bertz CT molecular complexity index is 1250. The molecule has 12 heteroatoms. The van der Waals surface area contributed by atoms with E-state index in [1.807, 2.05) is 0 Å². The van der Waals surface area contributed by atoms with Crippen LogP contribution in [0.5, 0.6) is 5.75 Å². The van der Waals surface area contributed by atoms with Gasteiger partial charge in [0.15, 0.2) is 5.13 Å². The molecule has 0 bridgehead atoms. The number of halogens is 3. The number of nitrogens with zero attached hydrogens (tertiary/aromatic N) is 2. The number of thioether (sulfide) groups is 1. The van der Waals surface area contributed by atoms with Crippen LogP contribution < -0.4 is 15.4 Å². The standard InChI is InChI=1S/C26H31F3N4O3S2/c1-15(34)32-17-8-9-20(19(11-17)26(27,28)29)35-18-7-5-6-16(10-18)33-24-31-13-23(38-24)37-14-22-30-12-21(36-22)25(2,3)4/h8-9,11-13,16,18H,5-7,10,14H2,1-4H3,(H,31,33)(H,32,34)/t16-,18-/m1/s1. The molecule has 0 unspecified atom stereocenters. The first-order chi connectivity index (χ1) is 17.9. The van der Waals surface area contributed by atoms with Gasteiger partial charge in [-0.3, -0.25) is 4.79 Å². The third-order valence-corrected chi connectivity index (χ3v) is 8.08. The maximum absolute atomic E-state index is 13.7. The summed E-state index contributed by atoms with van der Waals surface area (Å²) < 4.78 is 53.8. The highest BCUT2D eigenvalue weighted by molar-refractivity contribution is 8.00. The number of carbonyl (C=O) groups is 1. The first kappa shape index (κ1) is 28.3. The van der Waals surface area contributed by atoms with Gasteiger partial charge >= 0.3 is 6.18 Å². The number of alkyl halides is 3. The number of hydrogen-bond acceptors (Lipinski definition) is 8. The van der Waals surface area contributed by atoms with E-state index in [0.717, 1.165) is 34.0 Å². The molecule has 3 aromatic rings. The molecule has 0 aliphatic heterocycles. The van der Waals surface area contributed by atoms with Gasteiger partial charge in [-0.25, -0.2) is 9.97 Å². The first-order valence-corrected chi connectivity index (χ1v) is 14.1. The molecule has 1 fully saturated rings. The molecule has 2 aromatic heterocycles. The van der Waals surface area contributed by atoms with E-state index < -0.39 is 17.6 Å². The largest absolute Gasteiger partial charge is 0.490 e. The molecule has 2 N–H and O–H groups in total. The molecule has 2 atom stereocenters. The van der Waals surface area contributed by atoms with Gasteiger partial charge in [-0.2, -0.15) is 13.2 Å². The molecule has 1 saturated carbocycles. The zero-order valence-corrected chi connectivity index (χ0v) is 23.3. The van der Waals surface area contributed by atoms with Crippen molar-refractivity contribution in [2.24, 2.45) is 0 Å². The Morgan fingerprint density at radius 1 is 1.21 bits per heavy atom. The third-order valence-electron chi connectivity index (χ3n) is 5.97. The molecule has 38 heavy (non-hydrogen) atoms. The lowest BCUT2D eigenvalue weighted by molar-refractivity contribution is -0.139. The van der Waals surface area contributed by atoms with Crippen LogP contribution in [0.25, 0.3) is 0 Å². The number of hydrogen-bond donors (Lipinski definition) is 2. The minimum absolute atomic E-state index is 0.0341. The molecule has 0 radical (unpaired) electrons. The second-order valence-corrected chi connectivity index (χ2v) is 12.6. The van der Waals surface area contributed by atoms with E-state index >= 15 is 0 Å². The average Bonchev–Trinajstić information content (AvgIpc) is 3.47. The van der Waals surface area contributed by atoms with E-state index in [1.54, 1.807) is 24.2 Å². The topological polar surface area (TPSA) is 89.3 Å². The van der Waals surface area contributed by atoms with Crippen LogP contribution in [0.15, 0.2) is 39.2 Å². The van der Waals surface area contributed by atoms with E-state index in [4.69, 9.17) is 9.15 Å².